The fourth-order valence-corrected chi connectivity index (χ4v) is 2.31. The van der Waals surface area contributed by atoms with Crippen LogP contribution in [-0.2, 0) is 0 Å². The lowest BCUT2D eigenvalue weighted by Gasteiger charge is -2.20. The number of hydrogen-bond donors (Lipinski definition) is 1. The van der Waals surface area contributed by atoms with Crippen LogP contribution < -0.4 is 15.2 Å². The smallest absolute Gasteiger partial charge is 0.127 e. The van der Waals surface area contributed by atoms with Gasteiger partial charge in [0.1, 0.15) is 11.5 Å². The molecular weight excluding hydrogens is 250 g/mol. The van der Waals surface area contributed by atoms with Gasteiger partial charge in [-0.05, 0) is 42.7 Å². The van der Waals surface area contributed by atoms with Gasteiger partial charge in [0.05, 0.1) is 25.8 Å². The summed E-state index contributed by atoms with van der Waals surface area (Å²) in [6.45, 7) is 4.18. The van der Waals surface area contributed by atoms with Crippen LogP contribution in [0.1, 0.15) is 28.3 Å². The molecule has 0 bridgehead atoms. The summed E-state index contributed by atoms with van der Waals surface area (Å²) < 4.78 is 10.8. The van der Waals surface area contributed by atoms with E-state index in [-0.39, 0.29) is 6.04 Å². The van der Waals surface area contributed by atoms with Gasteiger partial charge in [-0.25, -0.2) is 0 Å². The summed E-state index contributed by atoms with van der Waals surface area (Å²) >= 11 is 0. The molecule has 1 atom stereocenters. The van der Waals surface area contributed by atoms with Crippen LogP contribution in [0.4, 0.5) is 0 Å². The van der Waals surface area contributed by atoms with Crippen molar-refractivity contribution in [2.24, 2.45) is 5.73 Å². The van der Waals surface area contributed by atoms with Gasteiger partial charge in [0.2, 0.25) is 0 Å². The molecule has 2 aromatic carbocycles. The van der Waals surface area contributed by atoms with Crippen molar-refractivity contribution in [1.82, 2.24) is 0 Å². The van der Waals surface area contributed by atoms with Crippen LogP contribution in [0, 0.1) is 13.8 Å². The SMILES string of the molecule is COc1cccc(OC)c1C(N)c1ccc(C)c(C)c1. The van der Waals surface area contributed by atoms with Crippen molar-refractivity contribution in [3.63, 3.8) is 0 Å². The van der Waals surface area contributed by atoms with Gasteiger partial charge in [0, 0.05) is 0 Å². The maximum absolute atomic E-state index is 6.43. The van der Waals surface area contributed by atoms with E-state index in [0.717, 1.165) is 22.6 Å². The number of rotatable bonds is 4. The van der Waals surface area contributed by atoms with Gasteiger partial charge in [0.15, 0.2) is 0 Å². The number of aryl methyl sites for hydroxylation is 2. The molecule has 0 aliphatic heterocycles. The van der Waals surface area contributed by atoms with E-state index in [9.17, 15) is 0 Å². The van der Waals surface area contributed by atoms with Crippen LogP contribution in [0.3, 0.4) is 0 Å². The molecular formula is C17H21NO2. The average Bonchev–Trinajstić information content (AvgIpc) is 2.48. The van der Waals surface area contributed by atoms with E-state index in [0.29, 0.717) is 0 Å². The molecule has 0 saturated carbocycles. The molecule has 1 unspecified atom stereocenters. The number of nitrogens with two attached hydrogens (primary N) is 1. The first-order valence-corrected chi connectivity index (χ1v) is 6.62. The number of benzene rings is 2. The Morgan fingerprint density at radius 1 is 0.900 bits per heavy atom. The second kappa shape index (κ2) is 5.97. The Balaban J connectivity index is 2.51. The maximum atomic E-state index is 6.43. The lowest BCUT2D eigenvalue weighted by Crippen LogP contribution is -2.14. The van der Waals surface area contributed by atoms with Gasteiger partial charge >= 0.3 is 0 Å². The Morgan fingerprint density at radius 3 is 2.00 bits per heavy atom. The zero-order valence-electron chi connectivity index (χ0n) is 12.4. The van der Waals surface area contributed by atoms with Crippen LogP contribution in [0.15, 0.2) is 36.4 Å². The lowest BCUT2D eigenvalue weighted by molar-refractivity contribution is 0.382. The molecule has 0 heterocycles. The van der Waals surface area contributed by atoms with Crippen molar-refractivity contribution >= 4 is 0 Å². The minimum atomic E-state index is -0.277. The Bertz CT molecular complexity index is 586. The van der Waals surface area contributed by atoms with Crippen molar-refractivity contribution in [3.8, 4) is 11.5 Å². The summed E-state index contributed by atoms with van der Waals surface area (Å²) in [5.74, 6) is 1.49. The van der Waals surface area contributed by atoms with Crippen LogP contribution in [0.2, 0.25) is 0 Å². The highest BCUT2D eigenvalue weighted by atomic mass is 16.5. The summed E-state index contributed by atoms with van der Waals surface area (Å²) in [4.78, 5) is 0. The zero-order chi connectivity index (χ0) is 14.7. The molecule has 0 amide bonds. The minimum absolute atomic E-state index is 0.277. The molecule has 0 saturated heterocycles. The van der Waals surface area contributed by atoms with Crippen molar-refractivity contribution < 1.29 is 9.47 Å². The van der Waals surface area contributed by atoms with Gasteiger partial charge in [-0.1, -0.05) is 24.3 Å². The quantitative estimate of drug-likeness (QED) is 0.927. The molecule has 2 N–H and O–H groups in total. The summed E-state index contributed by atoms with van der Waals surface area (Å²) in [6.07, 6.45) is 0. The fourth-order valence-electron chi connectivity index (χ4n) is 2.31. The van der Waals surface area contributed by atoms with Gasteiger partial charge in [-0.3, -0.25) is 0 Å². The highest BCUT2D eigenvalue weighted by Gasteiger charge is 2.19. The second-order valence-electron chi connectivity index (χ2n) is 4.90. The van der Waals surface area contributed by atoms with E-state index in [2.05, 4.69) is 32.0 Å². The molecule has 20 heavy (non-hydrogen) atoms. The van der Waals surface area contributed by atoms with E-state index in [1.165, 1.54) is 11.1 Å². The van der Waals surface area contributed by atoms with Crippen molar-refractivity contribution in [1.29, 1.82) is 0 Å². The third kappa shape index (κ3) is 2.63. The number of methoxy groups -OCH3 is 2. The highest BCUT2D eigenvalue weighted by Crippen LogP contribution is 2.36. The molecule has 3 nitrogen and oxygen atoms in total. The van der Waals surface area contributed by atoms with Gasteiger partial charge in [-0.2, -0.15) is 0 Å². The normalized spacial score (nSPS) is 12.1. The average molecular weight is 271 g/mol. The number of hydrogen-bond acceptors (Lipinski definition) is 3. The van der Waals surface area contributed by atoms with E-state index in [1.807, 2.05) is 18.2 Å². The van der Waals surface area contributed by atoms with Crippen LogP contribution in [0.5, 0.6) is 11.5 Å². The highest BCUT2D eigenvalue weighted by molar-refractivity contribution is 5.51. The topological polar surface area (TPSA) is 44.5 Å². The predicted octanol–water partition coefficient (Wildman–Crippen LogP) is 3.37. The summed E-state index contributed by atoms with van der Waals surface area (Å²) in [5, 5.41) is 0. The predicted molar refractivity (Wildman–Crippen MR) is 81.5 cm³/mol. The number of ether oxygens (including phenoxy) is 2. The fraction of sp³-hybridized carbons (Fsp3) is 0.294. The molecule has 2 aromatic rings. The van der Waals surface area contributed by atoms with Gasteiger partial charge < -0.3 is 15.2 Å². The first kappa shape index (κ1) is 14.4. The van der Waals surface area contributed by atoms with E-state index in [1.54, 1.807) is 14.2 Å². The second-order valence-corrected chi connectivity index (χ2v) is 4.90. The first-order valence-electron chi connectivity index (χ1n) is 6.62. The van der Waals surface area contributed by atoms with E-state index >= 15 is 0 Å². The maximum Gasteiger partial charge on any atom is 0.127 e. The molecule has 0 fully saturated rings. The standard InChI is InChI=1S/C17H21NO2/c1-11-8-9-13(10-12(11)2)17(18)16-14(19-3)6-5-7-15(16)20-4/h5-10,17H,18H2,1-4H3. The Labute approximate surface area is 120 Å². The Morgan fingerprint density at radius 2 is 1.50 bits per heavy atom. The van der Waals surface area contributed by atoms with Gasteiger partial charge in [0.25, 0.3) is 0 Å². The van der Waals surface area contributed by atoms with E-state index < -0.39 is 0 Å². The van der Waals surface area contributed by atoms with Crippen LogP contribution >= 0.6 is 0 Å². The molecule has 0 aliphatic rings. The molecule has 0 aromatic heterocycles. The van der Waals surface area contributed by atoms with Crippen molar-refractivity contribution in [2.45, 2.75) is 19.9 Å². The summed E-state index contributed by atoms with van der Waals surface area (Å²) in [5.41, 5.74) is 10.8. The molecule has 2 rings (SSSR count). The summed E-state index contributed by atoms with van der Waals surface area (Å²) in [7, 11) is 3.29. The Hall–Kier alpha value is -2.00. The third-order valence-electron chi connectivity index (χ3n) is 3.67. The Kier molecular flexibility index (Phi) is 4.30. The molecule has 106 valence electrons. The minimum Gasteiger partial charge on any atom is -0.496 e. The van der Waals surface area contributed by atoms with Crippen molar-refractivity contribution in [3.05, 3.63) is 58.7 Å². The van der Waals surface area contributed by atoms with Crippen molar-refractivity contribution in [2.75, 3.05) is 14.2 Å². The zero-order valence-corrected chi connectivity index (χ0v) is 12.4. The molecule has 0 aliphatic carbocycles. The third-order valence-corrected chi connectivity index (χ3v) is 3.67. The largest absolute Gasteiger partial charge is 0.496 e. The molecule has 0 radical (unpaired) electrons. The molecule has 3 heteroatoms. The van der Waals surface area contributed by atoms with Gasteiger partial charge in [-0.15, -0.1) is 0 Å². The monoisotopic (exact) mass is 271 g/mol. The molecule has 0 spiro atoms. The lowest BCUT2D eigenvalue weighted by atomic mass is 9.95. The first-order chi connectivity index (χ1) is 9.58. The summed E-state index contributed by atoms with van der Waals surface area (Å²) in [6, 6.07) is 11.7. The van der Waals surface area contributed by atoms with E-state index in [4.69, 9.17) is 15.2 Å². The van der Waals surface area contributed by atoms with Crippen LogP contribution in [-0.4, -0.2) is 14.2 Å². The van der Waals surface area contributed by atoms with Crippen LogP contribution in [0.25, 0.3) is 0 Å².